The molecule has 1 aliphatic heterocycles. The van der Waals surface area contributed by atoms with Crippen molar-refractivity contribution in [2.24, 2.45) is 0 Å². The largest absolute Gasteiger partial charge is 0.497 e. The predicted octanol–water partition coefficient (Wildman–Crippen LogP) is 3.00. The number of halogens is 1. The number of amides is 1. The highest BCUT2D eigenvalue weighted by Gasteiger charge is 2.24. The van der Waals surface area contributed by atoms with Gasteiger partial charge < -0.3 is 15.0 Å². The summed E-state index contributed by atoms with van der Waals surface area (Å²) in [6.07, 6.45) is 0.356. The Labute approximate surface area is 172 Å². The Balaban J connectivity index is 1.65. The van der Waals surface area contributed by atoms with Crippen LogP contribution in [0.3, 0.4) is 0 Å². The van der Waals surface area contributed by atoms with Gasteiger partial charge in [-0.2, -0.15) is 0 Å². The zero-order valence-electron chi connectivity index (χ0n) is 16.5. The summed E-state index contributed by atoms with van der Waals surface area (Å²) in [4.78, 5) is 17.3. The molecule has 0 bridgehead atoms. The lowest BCUT2D eigenvalue weighted by molar-refractivity contribution is -0.120. The Morgan fingerprint density at radius 1 is 1.07 bits per heavy atom. The summed E-state index contributed by atoms with van der Waals surface area (Å²) in [5.74, 6) is 0.864. The maximum Gasteiger partial charge on any atom is 0.224 e. The van der Waals surface area contributed by atoms with Gasteiger partial charge in [-0.05, 0) is 42.4 Å². The van der Waals surface area contributed by atoms with Gasteiger partial charge in [-0.1, -0.05) is 35.9 Å². The number of benzene rings is 2. The minimum Gasteiger partial charge on any atom is -0.497 e. The third-order valence-electron chi connectivity index (χ3n) is 5.25. The normalized spacial score (nSPS) is 16.5. The first-order valence-electron chi connectivity index (χ1n) is 9.63. The molecular formula is C22H28ClN3O2. The number of hydrogen-bond acceptors (Lipinski definition) is 4. The van der Waals surface area contributed by atoms with Gasteiger partial charge in [-0.3, -0.25) is 9.69 Å². The minimum atomic E-state index is 0.0231. The van der Waals surface area contributed by atoms with Crippen molar-refractivity contribution < 1.29 is 9.53 Å². The van der Waals surface area contributed by atoms with E-state index >= 15 is 0 Å². The van der Waals surface area contributed by atoms with Crippen LogP contribution in [0.4, 0.5) is 0 Å². The molecule has 0 spiro atoms. The number of carbonyl (C=O) groups is 1. The first kappa shape index (κ1) is 20.6. The number of nitrogens with one attached hydrogen (secondary N) is 1. The minimum absolute atomic E-state index is 0.0231. The number of carbonyl (C=O) groups excluding carboxylic acids is 1. The molecule has 0 aliphatic carbocycles. The lowest BCUT2D eigenvalue weighted by atomic mass is 10.0. The van der Waals surface area contributed by atoms with E-state index < -0.39 is 0 Å². The van der Waals surface area contributed by atoms with Crippen molar-refractivity contribution in [1.82, 2.24) is 15.1 Å². The zero-order chi connectivity index (χ0) is 19.9. The summed E-state index contributed by atoms with van der Waals surface area (Å²) < 4.78 is 5.28. The molecular weight excluding hydrogens is 374 g/mol. The third-order valence-corrected chi connectivity index (χ3v) is 5.50. The van der Waals surface area contributed by atoms with Gasteiger partial charge >= 0.3 is 0 Å². The SMILES string of the molecule is COc1ccc([C@H](CNC(=O)Cc2ccc(Cl)cc2)N2CCN(C)CC2)cc1. The summed E-state index contributed by atoms with van der Waals surface area (Å²) in [5, 5.41) is 3.80. The van der Waals surface area contributed by atoms with Crippen molar-refractivity contribution in [1.29, 1.82) is 0 Å². The fourth-order valence-electron chi connectivity index (χ4n) is 3.48. The second-order valence-electron chi connectivity index (χ2n) is 7.24. The Kier molecular flexibility index (Phi) is 7.31. The molecule has 1 amide bonds. The van der Waals surface area contributed by atoms with Crippen LogP contribution in [0.1, 0.15) is 17.2 Å². The van der Waals surface area contributed by atoms with Crippen molar-refractivity contribution >= 4 is 17.5 Å². The highest BCUT2D eigenvalue weighted by molar-refractivity contribution is 6.30. The fraction of sp³-hybridized carbons (Fsp3) is 0.409. The molecule has 3 rings (SSSR count). The van der Waals surface area contributed by atoms with E-state index in [0.29, 0.717) is 18.0 Å². The molecule has 0 radical (unpaired) electrons. The monoisotopic (exact) mass is 401 g/mol. The summed E-state index contributed by atoms with van der Waals surface area (Å²) >= 11 is 5.92. The molecule has 6 heteroatoms. The molecule has 1 atom stereocenters. The van der Waals surface area contributed by atoms with Crippen LogP contribution in [-0.4, -0.2) is 62.6 Å². The molecule has 0 unspecified atom stereocenters. The van der Waals surface area contributed by atoms with Gasteiger partial charge in [0.2, 0.25) is 5.91 Å². The lowest BCUT2D eigenvalue weighted by Crippen LogP contribution is -2.48. The molecule has 2 aromatic carbocycles. The Hall–Kier alpha value is -2.08. The Morgan fingerprint density at radius 2 is 1.71 bits per heavy atom. The van der Waals surface area contributed by atoms with E-state index in [4.69, 9.17) is 16.3 Å². The number of methoxy groups -OCH3 is 1. The molecule has 28 heavy (non-hydrogen) atoms. The van der Waals surface area contributed by atoms with Crippen LogP contribution < -0.4 is 10.1 Å². The van der Waals surface area contributed by atoms with Gasteiger partial charge in [-0.25, -0.2) is 0 Å². The standard InChI is InChI=1S/C22H28ClN3O2/c1-25-11-13-26(14-12-25)21(18-5-9-20(28-2)10-6-18)16-24-22(27)15-17-3-7-19(23)8-4-17/h3-10,21H,11-16H2,1-2H3,(H,24,27)/t21-/m0/s1. The number of likely N-dealkylation sites (N-methyl/N-ethyl adjacent to an activating group) is 1. The van der Waals surface area contributed by atoms with Crippen molar-refractivity contribution in [2.45, 2.75) is 12.5 Å². The number of nitrogens with zero attached hydrogens (tertiary/aromatic N) is 2. The molecule has 0 saturated carbocycles. The average Bonchev–Trinajstić information content (AvgIpc) is 2.71. The van der Waals surface area contributed by atoms with Gasteiger partial charge in [0.05, 0.1) is 19.6 Å². The number of rotatable bonds is 7. The van der Waals surface area contributed by atoms with E-state index in [9.17, 15) is 4.79 Å². The maximum absolute atomic E-state index is 12.5. The van der Waals surface area contributed by atoms with Crippen molar-refractivity contribution in [3.05, 3.63) is 64.7 Å². The molecule has 5 nitrogen and oxygen atoms in total. The molecule has 1 N–H and O–H groups in total. The number of piperazine rings is 1. The molecule has 1 heterocycles. The summed E-state index contributed by atoms with van der Waals surface area (Å²) in [6.45, 7) is 4.62. The van der Waals surface area contributed by atoms with Gasteiger partial charge in [-0.15, -0.1) is 0 Å². The summed E-state index contributed by atoms with van der Waals surface area (Å²) in [7, 11) is 3.82. The predicted molar refractivity (Wildman–Crippen MR) is 113 cm³/mol. The van der Waals surface area contributed by atoms with E-state index in [0.717, 1.165) is 37.5 Å². The molecule has 0 aromatic heterocycles. The molecule has 1 saturated heterocycles. The second-order valence-corrected chi connectivity index (χ2v) is 7.67. The maximum atomic E-state index is 12.5. The van der Waals surface area contributed by atoms with Gasteiger partial charge in [0, 0.05) is 37.7 Å². The van der Waals surface area contributed by atoms with Crippen LogP contribution in [0.2, 0.25) is 5.02 Å². The van der Waals surface area contributed by atoms with Gasteiger partial charge in [0.15, 0.2) is 0 Å². The van der Waals surface area contributed by atoms with Crippen LogP contribution in [0.25, 0.3) is 0 Å². The molecule has 1 fully saturated rings. The summed E-state index contributed by atoms with van der Waals surface area (Å²) in [6, 6.07) is 15.7. The summed E-state index contributed by atoms with van der Waals surface area (Å²) in [5.41, 5.74) is 2.15. The smallest absolute Gasteiger partial charge is 0.224 e. The molecule has 1 aliphatic rings. The van der Waals surface area contributed by atoms with Crippen molar-refractivity contribution in [3.63, 3.8) is 0 Å². The van der Waals surface area contributed by atoms with Gasteiger partial charge in [0.25, 0.3) is 0 Å². The third kappa shape index (κ3) is 5.71. The van der Waals surface area contributed by atoms with Crippen molar-refractivity contribution in [3.8, 4) is 5.75 Å². The molecule has 150 valence electrons. The number of ether oxygens (including phenoxy) is 1. The number of hydrogen-bond donors (Lipinski definition) is 1. The highest BCUT2D eigenvalue weighted by atomic mass is 35.5. The first-order valence-corrected chi connectivity index (χ1v) is 10.0. The Bertz CT molecular complexity index is 756. The van der Waals surface area contributed by atoms with Gasteiger partial charge in [0.1, 0.15) is 5.75 Å². The van der Waals surface area contributed by atoms with Crippen LogP contribution in [0.5, 0.6) is 5.75 Å². The Morgan fingerprint density at radius 3 is 2.32 bits per heavy atom. The van der Waals surface area contributed by atoms with Crippen LogP contribution >= 0.6 is 11.6 Å². The van der Waals surface area contributed by atoms with Crippen LogP contribution in [-0.2, 0) is 11.2 Å². The van der Waals surface area contributed by atoms with E-state index in [1.165, 1.54) is 5.56 Å². The lowest BCUT2D eigenvalue weighted by Gasteiger charge is -2.38. The van der Waals surface area contributed by atoms with E-state index in [2.05, 4.69) is 34.3 Å². The van der Waals surface area contributed by atoms with E-state index in [-0.39, 0.29) is 11.9 Å². The highest BCUT2D eigenvalue weighted by Crippen LogP contribution is 2.24. The van der Waals surface area contributed by atoms with Crippen LogP contribution in [0.15, 0.2) is 48.5 Å². The van der Waals surface area contributed by atoms with Crippen LogP contribution in [0, 0.1) is 0 Å². The topological polar surface area (TPSA) is 44.8 Å². The average molecular weight is 402 g/mol. The zero-order valence-corrected chi connectivity index (χ0v) is 17.3. The molecule has 2 aromatic rings. The quantitative estimate of drug-likeness (QED) is 0.774. The van der Waals surface area contributed by atoms with E-state index in [1.807, 2.05) is 36.4 Å². The second kappa shape index (κ2) is 9.92. The van der Waals surface area contributed by atoms with E-state index in [1.54, 1.807) is 7.11 Å². The first-order chi connectivity index (χ1) is 13.5. The van der Waals surface area contributed by atoms with Crippen molar-refractivity contribution in [2.75, 3.05) is 46.9 Å². The fourth-order valence-corrected chi connectivity index (χ4v) is 3.60.